The Morgan fingerprint density at radius 1 is 0.952 bits per heavy atom. The molecule has 21 heavy (non-hydrogen) atoms. The molecule has 0 unspecified atom stereocenters. The van der Waals surface area contributed by atoms with Crippen LogP contribution >= 0.6 is 0 Å². The summed E-state index contributed by atoms with van der Waals surface area (Å²) >= 11 is 0. The largest absolute Gasteiger partial charge is 0.378 e. The number of rotatable bonds is 4. The zero-order valence-corrected chi connectivity index (χ0v) is 12.2. The lowest BCUT2D eigenvalue weighted by molar-refractivity contribution is 0.899. The molecule has 2 heterocycles. The fourth-order valence-electron chi connectivity index (χ4n) is 2.31. The molecule has 0 saturated carbocycles. The Morgan fingerprint density at radius 3 is 2.48 bits per heavy atom. The van der Waals surface area contributed by atoms with Gasteiger partial charge in [0.15, 0.2) is 0 Å². The second kappa shape index (κ2) is 5.79. The third kappa shape index (κ3) is 2.94. The molecular formula is C17H18N4. The number of hydrogen-bond acceptors (Lipinski definition) is 3. The highest BCUT2D eigenvalue weighted by molar-refractivity contribution is 5.42. The van der Waals surface area contributed by atoms with Gasteiger partial charge in [0.25, 0.3) is 0 Å². The predicted octanol–water partition coefficient (Wildman–Crippen LogP) is 3.50. The monoisotopic (exact) mass is 278 g/mol. The van der Waals surface area contributed by atoms with Crippen molar-refractivity contribution in [2.45, 2.75) is 20.4 Å². The van der Waals surface area contributed by atoms with Crippen molar-refractivity contribution in [3.8, 4) is 5.69 Å². The average molecular weight is 278 g/mol. The number of pyridine rings is 1. The van der Waals surface area contributed by atoms with E-state index in [4.69, 9.17) is 0 Å². The maximum atomic E-state index is 4.43. The topological polar surface area (TPSA) is 42.7 Å². The molecule has 4 nitrogen and oxygen atoms in total. The number of aromatic nitrogens is 3. The van der Waals surface area contributed by atoms with Crippen molar-refractivity contribution in [1.29, 1.82) is 0 Å². The second-order valence-electron chi connectivity index (χ2n) is 5.01. The van der Waals surface area contributed by atoms with E-state index in [1.54, 1.807) is 0 Å². The molecule has 106 valence electrons. The SMILES string of the molecule is Cc1ccc(NCc2cnc(C)n2-c2ccccc2)cn1. The van der Waals surface area contributed by atoms with Gasteiger partial charge in [-0.05, 0) is 38.1 Å². The maximum absolute atomic E-state index is 4.43. The van der Waals surface area contributed by atoms with E-state index in [9.17, 15) is 0 Å². The minimum absolute atomic E-state index is 0.709. The van der Waals surface area contributed by atoms with Crippen molar-refractivity contribution >= 4 is 5.69 Å². The number of benzene rings is 1. The molecule has 4 heteroatoms. The lowest BCUT2D eigenvalue weighted by Crippen LogP contribution is -2.07. The highest BCUT2D eigenvalue weighted by Crippen LogP contribution is 2.16. The van der Waals surface area contributed by atoms with Crippen molar-refractivity contribution in [2.75, 3.05) is 5.32 Å². The zero-order chi connectivity index (χ0) is 14.7. The van der Waals surface area contributed by atoms with Crippen molar-refractivity contribution in [2.24, 2.45) is 0 Å². The summed E-state index contributed by atoms with van der Waals surface area (Å²) < 4.78 is 2.16. The minimum Gasteiger partial charge on any atom is -0.378 e. The van der Waals surface area contributed by atoms with E-state index in [2.05, 4.69) is 32.0 Å². The van der Waals surface area contributed by atoms with E-state index in [0.717, 1.165) is 28.6 Å². The van der Waals surface area contributed by atoms with Crippen molar-refractivity contribution in [1.82, 2.24) is 14.5 Å². The van der Waals surface area contributed by atoms with Gasteiger partial charge in [0.1, 0.15) is 5.82 Å². The molecular weight excluding hydrogens is 260 g/mol. The average Bonchev–Trinajstić information content (AvgIpc) is 2.88. The van der Waals surface area contributed by atoms with Gasteiger partial charge in [0, 0.05) is 11.4 Å². The van der Waals surface area contributed by atoms with Crippen LogP contribution in [-0.2, 0) is 6.54 Å². The highest BCUT2D eigenvalue weighted by Gasteiger charge is 2.08. The number of nitrogens with zero attached hydrogens (tertiary/aromatic N) is 3. The number of hydrogen-bond donors (Lipinski definition) is 1. The fourth-order valence-corrected chi connectivity index (χ4v) is 2.31. The van der Waals surface area contributed by atoms with Crippen molar-refractivity contribution in [3.05, 3.63) is 72.1 Å². The van der Waals surface area contributed by atoms with Crippen LogP contribution in [0.25, 0.3) is 5.69 Å². The molecule has 3 aromatic rings. The summed E-state index contributed by atoms with van der Waals surface area (Å²) in [6.45, 7) is 4.71. The summed E-state index contributed by atoms with van der Waals surface area (Å²) in [7, 11) is 0. The molecule has 0 spiro atoms. The molecule has 0 aliphatic heterocycles. The number of para-hydroxylation sites is 1. The summed E-state index contributed by atoms with van der Waals surface area (Å²) in [5.74, 6) is 0.986. The molecule has 0 amide bonds. The van der Waals surface area contributed by atoms with Gasteiger partial charge < -0.3 is 5.32 Å². The summed E-state index contributed by atoms with van der Waals surface area (Å²) in [6.07, 6.45) is 3.77. The van der Waals surface area contributed by atoms with E-state index in [1.807, 2.05) is 56.6 Å². The van der Waals surface area contributed by atoms with E-state index in [0.29, 0.717) is 6.54 Å². The van der Waals surface area contributed by atoms with E-state index in [-0.39, 0.29) is 0 Å². The van der Waals surface area contributed by atoms with Crippen molar-refractivity contribution in [3.63, 3.8) is 0 Å². The molecule has 2 aromatic heterocycles. The Bertz CT molecular complexity index is 714. The lowest BCUT2D eigenvalue weighted by Gasteiger charge is -2.11. The first kappa shape index (κ1) is 13.4. The molecule has 1 aromatic carbocycles. The molecule has 0 aliphatic carbocycles. The normalized spacial score (nSPS) is 10.6. The van der Waals surface area contributed by atoms with E-state index >= 15 is 0 Å². The van der Waals surface area contributed by atoms with Crippen LogP contribution in [0.4, 0.5) is 5.69 Å². The summed E-state index contributed by atoms with van der Waals surface area (Å²) in [4.78, 5) is 8.72. The summed E-state index contributed by atoms with van der Waals surface area (Å²) in [5.41, 5.74) is 4.29. The molecule has 0 aliphatic rings. The van der Waals surface area contributed by atoms with Gasteiger partial charge in [0.05, 0.1) is 30.3 Å². The number of anilines is 1. The Hall–Kier alpha value is -2.62. The van der Waals surface area contributed by atoms with Crippen LogP contribution in [-0.4, -0.2) is 14.5 Å². The maximum Gasteiger partial charge on any atom is 0.110 e. The second-order valence-corrected chi connectivity index (χ2v) is 5.01. The zero-order valence-electron chi connectivity index (χ0n) is 12.2. The third-order valence-corrected chi connectivity index (χ3v) is 3.41. The van der Waals surface area contributed by atoms with Crippen LogP contribution in [0.5, 0.6) is 0 Å². The number of imidazole rings is 1. The molecule has 3 rings (SSSR count). The smallest absolute Gasteiger partial charge is 0.110 e. The van der Waals surface area contributed by atoms with Gasteiger partial charge >= 0.3 is 0 Å². The number of aryl methyl sites for hydroxylation is 2. The molecule has 0 bridgehead atoms. The van der Waals surface area contributed by atoms with E-state index < -0.39 is 0 Å². The van der Waals surface area contributed by atoms with Crippen LogP contribution in [0.1, 0.15) is 17.2 Å². The Kier molecular flexibility index (Phi) is 3.69. The van der Waals surface area contributed by atoms with Gasteiger partial charge in [-0.15, -0.1) is 0 Å². The third-order valence-electron chi connectivity index (χ3n) is 3.41. The standard InChI is InChI=1S/C17H18N4/c1-13-8-9-15(10-18-13)20-12-17-11-19-14(2)21(17)16-6-4-3-5-7-16/h3-11,20H,12H2,1-2H3. The molecule has 0 saturated heterocycles. The first-order valence-corrected chi connectivity index (χ1v) is 6.99. The Labute approximate surface area is 124 Å². The fraction of sp³-hybridized carbons (Fsp3) is 0.176. The lowest BCUT2D eigenvalue weighted by atomic mass is 10.3. The molecule has 0 fully saturated rings. The minimum atomic E-state index is 0.709. The van der Waals surface area contributed by atoms with Crippen LogP contribution in [0.15, 0.2) is 54.9 Å². The van der Waals surface area contributed by atoms with Crippen LogP contribution < -0.4 is 5.32 Å². The molecule has 1 N–H and O–H groups in total. The van der Waals surface area contributed by atoms with Crippen LogP contribution in [0.2, 0.25) is 0 Å². The van der Waals surface area contributed by atoms with Gasteiger partial charge in [-0.3, -0.25) is 9.55 Å². The highest BCUT2D eigenvalue weighted by atomic mass is 15.1. The predicted molar refractivity (Wildman–Crippen MR) is 84.6 cm³/mol. The van der Waals surface area contributed by atoms with Gasteiger partial charge in [-0.1, -0.05) is 18.2 Å². The Balaban J connectivity index is 1.82. The number of nitrogens with one attached hydrogen (secondary N) is 1. The summed E-state index contributed by atoms with van der Waals surface area (Å²) in [6, 6.07) is 14.3. The van der Waals surface area contributed by atoms with Crippen LogP contribution in [0, 0.1) is 13.8 Å². The van der Waals surface area contributed by atoms with Crippen molar-refractivity contribution < 1.29 is 0 Å². The van der Waals surface area contributed by atoms with Gasteiger partial charge in [-0.2, -0.15) is 0 Å². The molecule has 0 radical (unpaired) electrons. The Morgan fingerprint density at radius 2 is 1.76 bits per heavy atom. The van der Waals surface area contributed by atoms with Gasteiger partial charge in [-0.25, -0.2) is 4.98 Å². The van der Waals surface area contributed by atoms with Gasteiger partial charge in [0.2, 0.25) is 0 Å². The first-order chi connectivity index (χ1) is 10.2. The molecule has 0 atom stereocenters. The van der Waals surface area contributed by atoms with Crippen LogP contribution in [0.3, 0.4) is 0 Å². The first-order valence-electron chi connectivity index (χ1n) is 6.99. The quantitative estimate of drug-likeness (QED) is 0.794. The van der Waals surface area contributed by atoms with E-state index in [1.165, 1.54) is 0 Å². The summed E-state index contributed by atoms with van der Waals surface area (Å²) in [5, 5.41) is 3.39.